The standard InChI is InChI=1S/C23H21BrClN5O2/c1-15-22(25)16(2)30(28-15)12-17-4-3-5-18(10-17)23(31)27-20-11-26-29(13-20)14-32-21-8-6-19(24)7-9-21/h3-11,13H,12,14H2,1-2H3,(H,27,31). The molecule has 0 aliphatic rings. The number of amides is 1. The Hall–Kier alpha value is -3.10. The van der Waals surface area contributed by atoms with Crippen LogP contribution in [0.1, 0.15) is 27.3 Å². The van der Waals surface area contributed by atoms with Crippen molar-refractivity contribution in [1.29, 1.82) is 0 Å². The number of rotatable bonds is 7. The number of hydrogen-bond acceptors (Lipinski definition) is 4. The zero-order valence-electron chi connectivity index (χ0n) is 17.5. The molecule has 164 valence electrons. The second kappa shape index (κ2) is 9.58. The monoisotopic (exact) mass is 513 g/mol. The van der Waals surface area contributed by atoms with Gasteiger partial charge in [0.1, 0.15) is 5.75 Å². The number of carbonyl (C=O) groups is 1. The van der Waals surface area contributed by atoms with Gasteiger partial charge in [0.05, 0.1) is 41.0 Å². The zero-order chi connectivity index (χ0) is 22.7. The summed E-state index contributed by atoms with van der Waals surface area (Å²) in [6, 6.07) is 15.0. The van der Waals surface area contributed by atoms with Crippen molar-refractivity contribution in [3.63, 3.8) is 0 Å². The third kappa shape index (κ3) is 5.20. The van der Waals surface area contributed by atoms with E-state index in [1.165, 1.54) is 0 Å². The van der Waals surface area contributed by atoms with Gasteiger partial charge in [-0.15, -0.1) is 0 Å². The third-order valence-electron chi connectivity index (χ3n) is 4.88. The minimum absolute atomic E-state index is 0.216. The van der Waals surface area contributed by atoms with Crippen LogP contribution in [0.3, 0.4) is 0 Å². The van der Waals surface area contributed by atoms with Gasteiger partial charge in [0.25, 0.3) is 5.91 Å². The average Bonchev–Trinajstić information content (AvgIpc) is 3.33. The summed E-state index contributed by atoms with van der Waals surface area (Å²) in [4.78, 5) is 12.7. The van der Waals surface area contributed by atoms with E-state index in [9.17, 15) is 4.79 Å². The number of halogens is 2. The smallest absolute Gasteiger partial charge is 0.255 e. The Labute approximate surface area is 199 Å². The van der Waals surface area contributed by atoms with Crippen molar-refractivity contribution in [2.24, 2.45) is 0 Å². The normalized spacial score (nSPS) is 10.9. The zero-order valence-corrected chi connectivity index (χ0v) is 19.9. The Kier molecular flexibility index (Phi) is 6.62. The summed E-state index contributed by atoms with van der Waals surface area (Å²) < 4.78 is 10.1. The molecule has 1 amide bonds. The van der Waals surface area contributed by atoms with Crippen LogP contribution in [-0.2, 0) is 13.3 Å². The highest BCUT2D eigenvalue weighted by Gasteiger charge is 2.12. The van der Waals surface area contributed by atoms with Crippen molar-refractivity contribution in [3.8, 4) is 5.75 Å². The maximum absolute atomic E-state index is 12.7. The van der Waals surface area contributed by atoms with Crippen LogP contribution in [0.15, 0.2) is 65.4 Å². The molecule has 4 aromatic rings. The summed E-state index contributed by atoms with van der Waals surface area (Å²) in [6.07, 6.45) is 3.31. The van der Waals surface area contributed by atoms with E-state index < -0.39 is 0 Å². The summed E-state index contributed by atoms with van der Waals surface area (Å²) in [5.41, 5.74) is 3.79. The molecule has 2 aromatic carbocycles. The molecule has 0 aliphatic heterocycles. The molecule has 9 heteroatoms. The Morgan fingerprint density at radius 2 is 1.97 bits per heavy atom. The number of ether oxygens (including phenoxy) is 1. The summed E-state index contributed by atoms with van der Waals surface area (Å²) in [7, 11) is 0. The summed E-state index contributed by atoms with van der Waals surface area (Å²) in [5.74, 6) is 0.515. The number of carbonyl (C=O) groups excluding carboxylic acids is 1. The molecule has 0 spiro atoms. The van der Waals surface area contributed by atoms with Crippen LogP contribution >= 0.6 is 27.5 Å². The molecule has 1 N–H and O–H groups in total. The fraction of sp³-hybridized carbons (Fsp3) is 0.174. The molecule has 0 unspecified atom stereocenters. The van der Waals surface area contributed by atoms with E-state index >= 15 is 0 Å². The first-order valence-corrected chi connectivity index (χ1v) is 11.1. The van der Waals surface area contributed by atoms with Crippen molar-refractivity contribution in [1.82, 2.24) is 19.6 Å². The van der Waals surface area contributed by atoms with Gasteiger partial charge in [-0.2, -0.15) is 10.2 Å². The number of benzene rings is 2. The van der Waals surface area contributed by atoms with Crippen LogP contribution in [0.2, 0.25) is 5.02 Å². The first-order chi connectivity index (χ1) is 15.4. The number of anilines is 1. The van der Waals surface area contributed by atoms with Crippen molar-refractivity contribution < 1.29 is 9.53 Å². The highest BCUT2D eigenvalue weighted by molar-refractivity contribution is 9.10. The number of aromatic nitrogens is 4. The van der Waals surface area contributed by atoms with Gasteiger partial charge in [-0.05, 0) is 55.8 Å². The molecular formula is C23H21BrClN5O2. The molecular weight excluding hydrogens is 494 g/mol. The van der Waals surface area contributed by atoms with Gasteiger partial charge in [-0.25, -0.2) is 4.68 Å². The lowest BCUT2D eigenvalue weighted by Crippen LogP contribution is -2.12. The summed E-state index contributed by atoms with van der Waals surface area (Å²) >= 11 is 9.63. The Morgan fingerprint density at radius 1 is 1.19 bits per heavy atom. The van der Waals surface area contributed by atoms with E-state index in [1.54, 1.807) is 23.1 Å². The molecule has 0 fully saturated rings. The lowest BCUT2D eigenvalue weighted by Gasteiger charge is -2.08. The third-order valence-corrected chi connectivity index (χ3v) is 5.96. The Balaban J connectivity index is 1.38. The van der Waals surface area contributed by atoms with E-state index in [1.807, 2.05) is 61.0 Å². The minimum Gasteiger partial charge on any atom is -0.471 e. The molecule has 0 aliphatic carbocycles. The van der Waals surface area contributed by atoms with Crippen molar-refractivity contribution in [2.45, 2.75) is 27.1 Å². The summed E-state index contributed by atoms with van der Waals surface area (Å²) in [5, 5.41) is 12.2. The van der Waals surface area contributed by atoms with Crippen LogP contribution < -0.4 is 10.1 Å². The Bertz CT molecular complexity index is 1250. The predicted octanol–water partition coefficient (Wildman–Crippen LogP) is 5.45. The lowest BCUT2D eigenvalue weighted by molar-refractivity contribution is 0.102. The van der Waals surface area contributed by atoms with Crippen LogP contribution in [-0.4, -0.2) is 25.5 Å². The number of nitrogens with one attached hydrogen (secondary N) is 1. The first-order valence-electron chi connectivity index (χ1n) is 9.89. The molecule has 0 saturated heterocycles. The highest BCUT2D eigenvalue weighted by atomic mass is 79.9. The van der Waals surface area contributed by atoms with Crippen molar-refractivity contribution in [3.05, 3.63) is 92.9 Å². The SMILES string of the molecule is Cc1nn(Cc2cccc(C(=O)Nc3cnn(COc4ccc(Br)cc4)c3)c2)c(C)c1Cl. The topological polar surface area (TPSA) is 74.0 Å². The fourth-order valence-electron chi connectivity index (χ4n) is 3.19. The van der Waals surface area contributed by atoms with Crippen LogP contribution in [0.5, 0.6) is 5.75 Å². The van der Waals surface area contributed by atoms with Gasteiger partial charge < -0.3 is 10.1 Å². The molecule has 32 heavy (non-hydrogen) atoms. The largest absolute Gasteiger partial charge is 0.471 e. The van der Waals surface area contributed by atoms with Gasteiger partial charge >= 0.3 is 0 Å². The molecule has 4 rings (SSSR count). The number of hydrogen-bond donors (Lipinski definition) is 1. The maximum atomic E-state index is 12.7. The molecule has 0 saturated carbocycles. The van der Waals surface area contributed by atoms with E-state index in [4.69, 9.17) is 16.3 Å². The van der Waals surface area contributed by atoms with E-state index in [0.29, 0.717) is 22.8 Å². The van der Waals surface area contributed by atoms with Gasteiger partial charge in [0.15, 0.2) is 6.73 Å². The molecule has 0 radical (unpaired) electrons. The van der Waals surface area contributed by atoms with Crippen molar-refractivity contribution >= 4 is 39.1 Å². The van der Waals surface area contributed by atoms with E-state index in [-0.39, 0.29) is 12.6 Å². The van der Waals surface area contributed by atoms with Crippen LogP contribution in [0, 0.1) is 13.8 Å². The van der Waals surface area contributed by atoms with Gasteiger partial charge in [0, 0.05) is 10.0 Å². The Morgan fingerprint density at radius 3 is 2.69 bits per heavy atom. The second-order valence-electron chi connectivity index (χ2n) is 7.29. The highest BCUT2D eigenvalue weighted by Crippen LogP contribution is 2.20. The summed E-state index contributed by atoms with van der Waals surface area (Å²) in [6.45, 7) is 4.57. The van der Waals surface area contributed by atoms with E-state index in [2.05, 4.69) is 31.4 Å². The molecule has 0 bridgehead atoms. The van der Waals surface area contributed by atoms with Crippen molar-refractivity contribution in [2.75, 3.05) is 5.32 Å². The number of nitrogens with zero attached hydrogens (tertiary/aromatic N) is 4. The molecule has 7 nitrogen and oxygen atoms in total. The second-order valence-corrected chi connectivity index (χ2v) is 8.59. The fourth-order valence-corrected chi connectivity index (χ4v) is 3.59. The minimum atomic E-state index is -0.216. The lowest BCUT2D eigenvalue weighted by atomic mass is 10.1. The average molecular weight is 515 g/mol. The van der Waals surface area contributed by atoms with Gasteiger partial charge in [0.2, 0.25) is 0 Å². The van der Waals surface area contributed by atoms with Crippen LogP contribution in [0.4, 0.5) is 5.69 Å². The van der Waals surface area contributed by atoms with E-state index in [0.717, 1.165) is 27.2 Å². The number of aryl methyl sites for hydroxylation is 1. The van der Waals surface area contributed by atoms with Crippen LogP contribution in [0.25, 0.3) is 0 Å². The van der Waals surface area contributed by atoms with Gasteiger partial charge in [-0.1, -0.05) is 39.7 Å². The molecule has 0 atom stereocenters. The van der Waals surface area contributed by atoms with Gasteiger partial charge in [-0.3, -0.25) is 9.48 Å². The predicted molar refractivity (Wildman–Crippen MR) is 127 cm³/mol. The molecule has 2 heterocycles. The first kappa shape index (κ1) is 22.1. The quantitative estimate of drug-likeness (QED) is 0.356. The molecule has 2 aromatic heterocycles. The maximum Gasteiger partial charge on any atom is 0.255 e.